The Morgan fingerprint density at radius 1 is 1.33 bits per heavy atom. The summed E-state index contributed by atoms with van der Waals surface area (Å²) in [5.74, 6) is 1.36. The molecule has 0 amide bonds. The molecule has 0 radical (unpaired) electrons. The van der Waals surface area contributed by atoms with E-state index < -0.39 is 0 Å². The third kappa shape index (κ3) is 10.5. The van der Waals surface area contributed by atoms with Crippen LogP contribution in [-0.2, 0) is 4.74 Å². The minimum atomic E-state index is 0.291. The van der Waals surface area contributed by atoms with Gasteiger partial charge in [0, 0.05) is 25.6 Å². The highest BCUT2D eigenvalue weighted by Crippen LogP contribution is 2.19. The summed E-state index contributed by atoms with van der Waals surface area (Å²) in [6, 6.07) is 0. The number of halogens is 1. The van der Waals surface area contributed by atoms with Crippen LogP contribution >= 0.6 is 11.6 Å². The summed E-state index contributed by atoms with van der Waals surface area (Å²) >= 11 is 5.73. The van der Waals surface area contributed by atoms with Gasteiger partial charge in [0.1, 0.15) is 0 Å². The van der Waals surface area contributed by atoms with Gasteiger partial charge in [-0.15, -0.1) is 11.6 Å². The van der Waals surface area contributed by atoms with E-state index in [-0.39, 0.29) is 0 Å². The van der Waals surface area contributed by atoms with E-state index in [1.807, 2.05) is 0 Å². The molecule has 0 unspecified atom stereocenters. The molecule has 15 heavy (non-hydrogen) atoms. The van der Waals surface area contributed by atoms with Gasteiger partial charge >= 0.3 is 0 Å². The molecule has 0 spiro atoms. The molecule has 2 nitrogen and oxygen atoms in total. The Morgan fingerprint density at radius 3 is 2.53 bits per heavy atom. The average molecular weight is 236 g/mol. The second-order valence-electron chi connectivity index (χ2n) is 5.25. The highest BCUT2D eigenvalue weighted by atomic mass is 35.5. The van der Waals surface area contributed by atoms with E-state index in [0.29, 0.717) is 11.3 Å². The van der Waals surface area contributed by atoms with Crippen molar-refractivity contribution in [3.63, 3.8) is 0 Å². The van der Waals surface area contributed by atoms with Crippen LogP contribution in [0.4, 0.5) is 0 Å². The fourth-order valence-corrected chi connectivity index (χ4v) is 1.75. The largest absolute Gasteiger partial charge is 0.380 e. The van der Waals surface area contributed by atoms with Crippen molar-refractivity contribution >= 4 is 11.6 Å². The van der Waals surface area contributed by atoms with Crippen LogP contribution in [0.15, 0.2) is 0 Å². The minimum Gasteiger partial charge on any atom is -0.380 e. The fourth-order valence-electron chi connectivity index (χ4n) is 1.23. The van der Waals surface area contributed by atoms with Gasteiger partial charge in [0.05, 0.1) is 6.61 Å². The number of hydrogen-bond acceptors (Lipinski definition) is 2. The lowest BCUT2D eigenvalue weighted by Gasteiger charge is -2.23. The standard InChI is InChI=1S/C12H26ClNO/c1-11(2)9-15-8-7-14-10-12(3,4)5-6-13/h11,14H,5-10H2,1-4H3. The van der Waals surface area contributed by atoms with E-state index >= 15 is 0 Å². The Kier molecular flexibility index (Phi) is 8.49. The molecule has 0 rings (SSSR count). The van der Waals surface area contributed by atoms with Crippen LogP contribution in [-0.4, -0.2) is 32.2 Å². The molecule has 0 fully saturated rings. The SMILES string of the molecule is CC(C)COCCNCC(C)(C)CCCl. The van der Waals surface area contributed by atoms with Crippen LogP contribution in [0, 0.1) is 11.3 Å². The van der Waals surface area contributed by atoms with Crippen LogP contribution < -0.4 is 5.32 Å². The van der Waals surface area contributed by atoms with E-state index in [2.05, 4.69) is 33.0 Å². The Labute approximate surface area is 99.7 Å². The lowest BCUT2D eigenvalue weighted by molar-refractivity contribution is 0.110. The topological polar surface area (TPSA) is 21.3 Å². The van der Waals surface area contributed by atoms with Crippen LogP contribution in [0.1, 0.15) is 34.1 Å². The molecule has 0 aliphatic carbocycles. The second kappa shape index (κ2) is 8.37. The predicted octanol–water partition coefficient (Wildman–Crippen LogP) is 2.90. The van der Waals surface area contributed by atoms with Gasteiger partial charge in [-0.3, -0.25) is 0 Å². The van der Waals surface area contributed by atoms with E-state index in [4.69, 9.17) is 16.3 Å². The molecule has 0 aromatic rings. The summed E-state index contributed by atoms with van der Waals surface area (Å²) in [5.41, 5.74) is 0.291. The summed E-state index contributed by atoms with van der Waals surface area (Å²) in [6.45, 7) is 12.4. The molecule has 0 aromatic heterocycles. The fraction of sp³-hybridized carbons (Fsp3) is 1.00. The van der Waals surface area contributed by atoms with Crippen molar-refractivity contribution in [2.24, 2.45) is 11.3 Å². The smallest absolute Gasteiger partial charge is 0.0591 e. The first kappa shape index (κ1) is 15.2. The van der Waals surface area contributed by atoms with Crippen LogP contribution in [0.25, 0.3) is 0 Å². The van der Waals surface area contributed by atoms with Gasteiger partial charge in [-0.2, -0.15) is 0 Å². The van der Waals surface area contributed by atoms with Crippen LogP contribution in [0.5, 0.6) is 0 Å². The van der Waals surface area contributed by atoms with Crippen molar-refractivity contribution in [3.05, 3.63) is 0 Å². The summed E-state index contributed by atoms with van der Waals surface area (Å²) in [4.78, 5) is 0. The Morgan fingerprint density at radius 2 is 2.00 bits per heavy atom. The second-order valence-corrected chi connectivity index (χ2v) is 5.63. The van der Waals surface area contributed by atoms with Crippen LogP contribution in [0.2, 0.25) is 0 Å². The maximum atomic E-state index is 5.73. The average Bonchev–Trinajstić information content (AvgIpc) is 2.10. The van der Waals surface area contributed by atoms with Gasteiger partial charge < -0.3 is 10.1 Å². The van der Waals surface area contributed by atoms with E-state index in [0.717, 1.165) is 38.6 Å². The van der Waals surface area contributed by atoms with E-state index in [1.165, 1.54) is 0 Å². The van der Waals surface area contributed by atoms with Crippen molar-refractivity contribution in [3.8, 4) is 0 Å². The number of alkyl halides is 1. The van der Waals surface area contributed by atoms with E-state index in [9.17, 15) is 0 Å². The first-order valence-electron chi connectivity index (χ1n) is 5.82. The minimum absolute atomic E-state index is 0.291. The maximum Gasteiger partial charge on any atom is 0.0591 e. The summed E-state index contributed by atoms with van der Waals surface area (Å²) < 4.78 is 5.48. The molecule has 1 N–H and O–H groups in total. The highest BCUT2D eigenvalue weighted by molar-refractivity contribution is 6.17. The number of nitrogens with one attached hydrogen (secondary N) is 1. The Balaban J connectivity index is 3.30. The van der Waals surface area contributed by atoms with Crippen molar-refractivity contribution in [2.75, 3.05) is 32.2 Å². The monoisotopic (exact) mass is 235 g/mol. The molecule has 92 valence electrons. The lowest BCUT2D eigenvalue weighted by Crippen LogP contribution is -2.32. The number of hydrogen-bond donors (Lipinski definition) is 1. The van der Waals surface area contributed by atoms with Gasteiger partial charge in [-0.05, 0) is 17.8 Å². The molecule has 0 saturated carbocycles. The molecular formula is C12H26ClNO. The molecule has 0 atom stereocenters. The first-order chi connectivity index (χ1) is 6.98. The summed E-state index contributed by atoms with van der Waals surface area (Å²) in [6.07, 6.45) is 1.05. The molecule has 0 saturated heterocycles. The number of ether oxygens (including phenoxy) is 1. The third-order valence-corrected chi connectivity index (χ3v) is 2.44. The quantitative estimate of drug-likeness (QED) is 0.490. The van der Waals surface area contributed by atoms with Gasteiger partial charge in [-0.25, -0.2) is 0 Å². The zero-order chi connectivity index (χ0) is 11.7. The summed E-state index contributed by atoms with van der Waals surface area (Å²) in [7, 11) is 0. The molecule has 0 aromatic carbocycles. The lowest BCUT2D eigenvalue weighted by atomic mass is 9.90. The number of rotatable bonds is 9. The molecular weight excluding hydrogens is 210 g/mol. The van der Waals surface area contributed by atoms with Crippen molar-refractivity contribution in [2.45, 2.75) is 34.1 Å². The molecule has 0 bridgehead atoms. The first-order valence-corrected chi connectivity index (χ1v) is 6.36. The van der Waals surface area contributed by atoms with Gasteiger partial charge in [-0.1, -0.05) is 27.7 Å². The molecule has 3 heteroatoms. The van der Waals surface area contributed by atoms with E-state index in [1.54, 1.807) is 0 Å². The zero-order valence-electron chi connectivity index (χ0n) is 10.6. The normalized spacial score (nSPS) is 12.4. The van der Waals surface area contributed by atoms with Gasteiger partial charge in [0.25, 0.3) is 0 Å². The zero-order valence-corrected chi connectivity index (χ0v) is 11.4. The predicted molar refractivity (Wildman–Crippen MR) is 67.6 cm³/mol. The third-order valence-electron chi connectivity index (χ3n) is 2.25. The molecule has 0 aliphatic heterocycles. The van der Waals surface area contributed by atoms with Crippen molar-refractivity contribution < 1.29 is 4.74 Å². The Hall–Kier alpha value is 0.210. The van der Waals surface area contributed by atoms with Gasteiger partial charge in [0.2, 0.25) is 0 Å². The van der Waals surface area contributed by atoms with Crippen molar-refractivity contribution in [1.29, 1.82) is 0 Å². The molecule has 0 aliphatic rings. The Bertz CT molecular complexity index is 149. The summed E-state index contributed by atoms with van der Waals surface area (Å²) in [5, 5.41) is 3.40. The maximum absolute atomic E-state index is 5.73. The van der Waals surface area contributed by atoms with Crippen molar-refractivity contribution in [1.82, 2.24) is 5.32 Å². The highest BCUT2D eigenvalue weighted by Gasteiger charge is 2.15. The van der Waals surface area contributed by atoms with Gasteiger partial charge in [0.15, 0.2) is 0 Å². The molecule has 0 heterocycles. The van der Waals surface area contributed by atoms with Crippen LogP contribution in [0.3, 0.4) is 0 Å².